The van der Waals surface area contributed by atoms with E-state index < -0.39 is 10.0 Å². The van der Waals surface area contributed by atoms with E-state index in [0.29, 0.717) is 10.2 Å². The Morgan fingerprint density at radius 2 is 1.74 bits per heavy atom. The van der Waals surface area contributed by atoms with Crippen molar-refractivity contribution in [3.05, 3.63) is 51.4 Å². The van der Waals surface area contributed by atoms with E-state index in [1.165, 1.54) is 12.1 Å². The molecule has 100 valence electrons. The van der Waals surface area contributed by atoms with Gasteiger partial charge in [0.15, 0.2) is 0 Å². The van der Waals surface area contributed by atoms with E-state index >= 15 is 0 Å². The third-order valence-corrected chi connectivity index (χ3v) is 4.93. The number of anilines is 1. The van der Waals surface area contributed by atoms with Crippen molar-refractivity contribution in [3.8, 4) is 5.75 Å². The summed E-state index contributed by atoms with van der Waals surface area (Å²) in [4.78, 5) is -0.165. The fourth-order valence-corrected chi connectivity index (χ4v) is 3.47. The first-order valence-electron chi connectivity index (χ1n) is 5.16. The molecule has 0 spiro atoms. The quantitative estimate of drug-likeness (QED) is 0.816. The average Bonchev–Trinajstić information content (AvgIpc) is 2.34. The maximum Gasteiger partial charge on any atom is 0.265 e. The number of para-hydroxylation sites is 1. The number of hydrogen-bond donors (Lipinski definition) is 2. The Morgan fingerprint density at radius 1 is 1.05 bits per heavy atom. The molecule has 0 saturated carbocycles. The lowest BCUT2D eigenvalue weighted by Gasteiger charge is -2.11. The van der Waals surface area contributed by atoms with Gasteiger partial charge in [0.25, 0.3) is 10.0 Å². The number of sulfonamides is 1. The number of aromatic hydroxyl groups is 1. The van der Waals surface area contributed by atoms with E-state index in [1.54, 1.807) is 30.3 Å². The maximum atomic E-state index is 12.2. The van der Waals surface area contributed by atoms with Crippen molar-refractivity contribution in [1.82, 2.24) is 0 Å². The topological polar surface area (TPSA) is 66.4 Å². The summed E-state index contributed by atoms with van der Waals surface area (Å²) in [5.41, 5.74) is 0.387. The number of halogens is 2. The number of rotatable bonds is 3. The normalized spacial score (nSPS) is 11.3. The van der Waals surface area contributed by atoms with Crippen LogP contribution in [0.25, 0.3) is 0 Å². The Labute approximate surface area is 127 Å². The van der Waals surface area contributed by atoms with Crippen LogP contribution < -0.4 is 4.72 Å². The van der Waals surface area contributed by atoms with E-state index in [1.807, 2.05) is 0 Å². The molecular formula is C12H9Br2NO3S. The third kappa shape index (κ3) is 3.29. The summed E-state index contributed by atoms with van der Waals surface area (Å²) in [7, 11) is -3.83. The van der Waals surface area contributed by atoms with E-state index in [4.69, 9.17) is 0 Å². The van der Waals surface area contributed by atoms with Crippen LogP contribution in [0.15, 0.2) is 56.3 Å². The predicted octanol–water partition coefficient (Wildman–Crippen LogP) is 3.72. The zero-order chi connectivity index (χ0) is 14.0. The molecule has 2 N–H and O–H groups in total. The molecule has 0 saturated heterocycles. The summed E-state index contributed by atoms with van der Waals surface area (Å²) in [5.74, 6) is -0.291. The molecule has 0 radical (unpaired) electrons. The molecular weight excluding hydrogens is 398 g/mol. The molecule has 0 unspecified atom stereocenters. The lowest BCUT2D eigenvalue weighted by Crippen LogP contribution is -2.13. The van der Waals surface area contributed by atoms with Crippen molar-refractivity contribution in [2.45, 2.75) is 4.90 Å². The average molecular weight is 407 g/mol. The molecule has 7 heteroatoms. The van der Waals surface area contributed by atoms with Crippen LogP contribution in [0.5, 0.6) is 5.75 Å². The third-order valence-electron chi connectivity index (χ3n) is 2.33. The molecule has 2 aromatic rings. The SMILES string of the molecule is O=S(=O)(Nc1cc(Br)ccc1Br)c1ccccc1O. The van der Waals surface area contributed by atoms with Crippen molar-refractivity contribution in [2.75, 3.05) is 4.72 Å². The van der Waals surface area contributed by atoms with Crippen molar-refractivity contribution < 1.29 is 13.5 Å². The molecule has 0 aliphatic rings. The van der Waals surface area contributed by atoms with Crippen LogP contribution in [-0.4, -0.2) is 13.5 Å². The first-order valence-corrected chi connectivity index (χ1v) is 8.23. The Hall–Kier alpha value is -1.05. The van der Waals surface area contributed by atoms with Gasteiger partial charge in [-0.05, 0) is 46.3 Å². The van der Waals surface area contributed by atoms with Gasteiger partial charge in [-0.15, -0.1) is 0 Å². The summed E-state index contributed by atoms with van der Waals surface area (Å²) in [5, 5.41) is 9.61. The van der Waals surface area contributed by atoms with Gasteiger partial charge in [0.05, 0.1) is 5.69 Å². The fraction of sp³-hybridized carbons (Fsp3) is 0. The van der Waals surface area contributed by atoms with Gasteiger partial charge in [0.1, 0.15) is 10.6 Å². The lowest BCUT2D eigenvalue weighted by atomic mass is 10.3. The molecule has 0 aliphatic carbocycles. The number of hydrogen-bond acceptors (Lipinski definition) is 3. The van der Waals surface area contributed by atoms with E-state index in [0.717, 1.165) is 4.47 Å². The number of phenolic OH excluding ortho intramolecular Hbond substituents is 1. The van der Waals surface area contributed by atoms with Crippen LogP contribution in [0.2, 0.25) is 0 Å². The summed E-state index contributed by atoms with van der Waals surface area (Å²) in [6.07, 6.45) is 0. The highest BCUT2D eigenvalue weighted by Gasteiger charge is 2.19. The molecule has 0 fully saturated rings. The summed E-state index contributed by atoms with van der Waals surface area (Å²) in [6, 6.07) is 10.9. The van der Waals surface area contributed by atoms with Gasteiger partial charge in [-0.1, -0.05) is 28.1 Å². The molecule has 2 aromatic carbocycles. The molecule has 0 atom stereocenters. The molecule has 19 heavy (non-hydrogen) atoms. The molecule has 0 aliphatic heterocycles. The van der Waals surface area contributed by atoms with Crippen molar-refractivity contribution in [2.24, 2.45) is 0 Å². The lowest BCUT2D eigenvalue weighted by molar-refractivity contribution is 0.459. The van der Waals surface area contributed by atoms with Crippen LogP contribution in [0.3, 0.4) is 0 Å². The van der Waals surface area contributed by atoms with Crippen LogP contribution >= 0.6 is 31.9 Å². The monoisotopic (exact) mass is 405 g/mol. The van der Waals surface area contributed by atoms with Crippen LogP contribution in [-0.2, 0) is 10.0 Å². The highest BCUT2D eigenvalue weighted by atomic mass is 79.9. The minimum atomic E-state index is -3.83. The maximum absolute atomic E-state index is 12.2. The number of nitrogens with one attached hydrogen (secondary N) is 1. The second kappa shape index (κ2) is 5.52. The zero-order valence-corrected chi connectivity index (χ0v) is 13.5. The van der Waals surface area contributed by atoms with Gasteiger partial charge in [-0.25, -0.2) is 8.42 Å². The Morgan fingerprint density at radius 3 is 2.42 bits per heavy atom. The first kappa shape index (κ1) is 14.4. The second-order valence-corrected chi connectivity index (χ2v) is 7.12. The minimum Gasteiger partial charge on any atom is -0.507 e. The van der Waals surface area contributed by atoms with E-state index in [-0.39, 0.29) is 10.6 Å². The minimum absolute atomic E-state index is 0.165. The van der Waals surface area contributed by atoms with Crippen molar-refractivity contribution >= 4 is 47.6 Å². The molecule has 0 amide bonds. The van der Waals surface area contributed by atoms with Crippen LogP contribution in [0.1, 0.15) is 0 Å². The summed E-state index contributed by atoms with van der Waals surface area (Å²) < 4.78 is 28.1. The molecule has 0 aromatic heterocycles. The van der Waals surface area contributed by atoms with E-state index in [9.17, 15) is 13.5 Å². The zero-order valence-electron chi connectivity index (χ0n) is 9.47. The van der Waals surface area contributed by atoms with Crippen LogP contribution in [0, 0.1) is 0 Å². The van der Waals surface area contributed by atoms with Gasteiger partial charge >= 0.3 is 0 Å². The first-order chi connectivity index (χ1) is 8.90. The smallest absolute Gasteiger partial charge is 0.265 e. The molecule has 4 nitrogen and oxygen atoms in total. The standard InChI is InChI=1S/C12H9Br2NO3S/c13-8-5-6-9(14)10(7-8)15-19(17,18)12-4-2-1-3-11(12)16/h1-7,15-16H. The van der Waals surface area contributed by atoms with Gasteiger partial charge in [-0.3, -0.25) is 4.72 Å². The molecule has 0 heterocycles. The summed E-state index contributed by atoms with van der Waals surface area (Å²) in [6.45, 7) is 0. The predicted molar refractivity (Wildman–Crippen MR) is 80.8 cm³/mol. The van der Waals surface area contributed by atoms with Gasteiger partial charge in [0, 0.05) is 8.95 Å². The number of benzene rings is 2. The Balaban J connectivity index is 2.43. The number of phenols is 1. The fourth-order valence-electron chi connectivity index (χ4n) is 1.46. The molecule has 2 rings (SSSR count). The summed E-state index contributed by atoms with van der Waals surface area (Å²) >= 11 is 6.53. The highest BCUT2D eigenvalue weighted by Crippen LogP contribution is 2.30. The highest BCUT2D eigenvalue weighted by molar-refractivity contribution is 9.11. The van der Waals surface area contributed by atoms with Gasteiger partial charge in [0.2, 0.25) is 0 Å². The largest absolute Gasteiger partial charge is 0.507 e. The Kier molecular flexibility index (Phi) is 4.17. The van der Waals surface area contributed by atoms with E-state index in [2.05, 4.69) is 36.6 Å². The van der Waals surface area contributed by atoms with Crippen molar-refractivity contribution in [1.29, 1.82) is 0 Å². The second-order valence-electron chi connectivity index (χ2n) is 3.70. The Bertz CT molecular complexity index is 717. The molecule has 0 bridgehead atoms. The van der Waals surface area contributed by atoms with Gasteiger partial charge < -0.3 is 5.11 Å². The van der Waals surface area contributed by atoms with Crippen molar-refractivity contribution in [3.63, 3.8) is 0 Å². The van der Waals surface area contributed by atoms with Gasteiger partial charge in [-0.2, -0.15) is 0 Å². The van der Waals surface area contributed by atoms with Crippen LogP contribution in [0.4, 0.5) is 5.69 Å².